The van der Waals surface area contributed by atoms with Gasteiger partial charge in [0.1, 0.15) is 0 Å². The van der Waals surface area contributed by atoms with Gasteiger partial charge in [-0.15, -0.1) is 0 Å². The van der Waals surface area contributed by atoms with Crippen molar-refractivity contribution in [2.24, 2.45) is 5.92 Å². The van der Waals surface area contributed by atoms with Crippen LogP contribution in [0.2, 0.25) is 0 Å². The van der Waals surface area contributed by atoms with Crippen molar-refractivity contribution in [2.75, 3.05) is 43.9 Å². The topological polar surface area (TPSA) is 60.9 Å². The predicted octanol–water partition coefficient (Wildman–Crippen LogP) is 1.40. The summed E-state index contributed by atoms with van der Waals surface area (Å²) in [5, 5.41) is 0. The molecule has 2 aliphatic heterocycles. The molecule has 0 saturated carbocycles. The van der Waals surface area contributed by atoms with E-state index < -0.39 is 10.0 Å². The average Bonchev–Trinajstić information content (AvgIpc) is 2.61. The van der Waals surface area contributed by atoms with Gasteiger partial charge < -0.3 is 9.80 Å². The monoisotopic (exact) mass is 365 g/mol. The Morgan fingerprint density at radius 2 is 1.68 bits per heavy atom. The Morgan fingerprint density at radius 1 is 1.04 bits per heavy atom. The van der Waals surface area contributed by atoms with Gasteiger partial charge in [-0.3, -0.25) is 4.79 Å². The highest BCUT2D eigenvalue weighted by molar-refractivity contribution is 7.88. The summed E-state index contributed by atoms with van der Waals surface area (Å²) >= 11 is 0. The average molecular weight is 365 g/mol. The number of carbonyl (C=O) groups excluding carboxylic acids is 1. The van der Waals surface area contributed by atoms with Gasteiger partial charge in [0.25, 0.3) is 0 Å². The maximum atomic E-state index is 12.8. The minimum absolute atomic E-state index is 0.0477. The molecule has 7 heteroatoms. The summed E-state index contributed by atoms with van der Waals surface area (Å²) in [5.74, 6) is 0.140. The molecule has 0 radical (unpaired) electrons. The van der Waals surface area contributed by atoms with Crippen LogP contribution in [0.1, 0.15) is 19.8 Å². The standard InChI is InChI=1S/C18H27N3O3S/c1-15-14-19(12-13-21(15)17-6-4-3-5-7-17)18(22)16-8-10-20(11-9-16)25(2,23)24/h3-7,15-16H,8-14H2,1-2H3. The number of carbonyl (C=O) groups is 1. The minimum atomic E-state index is -3.14. The van der Waals surface area contributed by atoms with Gasteiger partial charge in [-0.25, -0.2) is 12.7 Å². The molecule has 138 valence electrons. The number of para-hydroxylation sites is 1. The molecule has 0 aliphatic carbocycles. The van der Waals surface area contributed by atoms with Gasteiger partial charge in [0.15, 0.2) is 0 Å². The number of hydrogen-bond acceptors (Lipinski definition) is 4. The Balaban J connectivity index is 1.57. The molecule has 1 unspecified atom stereocenters. The number of benzene rings is 1. The quantitative estimate of drug-likeness (QED) is 0.812. The van der Waals surface area contributed by atoms with Crippen molar-refractivity contribution in [1.29, 1.82) is 0 Å². The van der Waals surface area contributed by atoms with E-state index in [1.807, 2.05) is 23.1 Å². The molecule has 0 N–H and O–H groups in total. The minimum Gasteiger partial charge on any atom is -0.365 e. The van der Waals surface area contributed by atoms with Gasteiger partial charge in [0, 0.05) is 50.4 Å². The Labute approximate surface area is 150 Å². The predicted molar refractivity (Wildman–Crippen MR) is 99.0 cm³/mol. The molecule has 2 saturated heterocycles. The lowest BCUT2D eigenvalue weighted by Crippen LogP contribution is -2.55. The van der Waals surface area contributed by atoms with E-state index in [1.54, 1.807) is 0 Å². The number of sulfonamides is 1. The van der Waals surface area contributed by atoms with Crippen LogP contribution >= 0.6 is 0 Å². The molecule has 0 bridgehead atoms. The Kier molecular flexibility index (Phi) is 5.34. The molecule has 25 heavy (non-hydrogen) atoms. The first kappa shape index (κ1) is 18.2. The van der Waals surface area contributed by atoms with Crippen LogP contribution in [0.3, 0.4) is 0 Å². The summed E-state index contributed by atoms with van der Waals surface area (Å²) in [4.78, 5) is 17.1. The Morgan fingerprint density at radius 3 is 2.24 bits per heavy atom. The van der Waals surface area contributed by atoms with Gasteiger partial charge in [-0.1, -0.05) is 18.2 Å². The van der Waals surface area contributed by atoms with E-state index in [-0.39, 0.29) is 17.9 Å². The molecule has 2 heterocycles. The van der Waals surface area contributed by atoms with Gasteiger partial charge in [0.05, 0.1) is 6.26 Å². The third-order valence-electron chi connectivity index (χ3n) is 5.30. The second kappa shape index (κ2) is 7.33. The summed E-state index contributed by atoms with van der Waals surface area (Å²) < 4.78 is 24.7. The number of piperazine rings is 1. The fourth-order valence-electron chi connectivity index (χ4n) is 3.85. The molecule has 3 rings (SSSR count). The van der Waals surface area contributed by atoms with Crippen molar-refractivity contribution in [1.82, 2.24) is 9.21 Å². The molecule has 1 aromatic rings. The van der Waals surface area contributed by atoms with Crippen LogP contribution in [0.5, 0.6) is 0 Å². The Hall–Kier alpha value is -1.60. The zero-order valence-corrected chi connectivity index (χ0v) is 15.8. The van der Waals surface area contributed by atoms with E-state index >= 15 is 0 Å². The lowest BCUT2D eigenvalue weighted by atomic mass is 9.95. The maximum absolute atomic E-state index is 12.8. The van der Waals surface area contributed by atoms with E-state index in [0.717, 1.165) is 19.6 Å². The highest BCUT2D eigenvalue weighted by atomic mass is 32.2. The lowest BCUT2D eigenvalue weighted by Gasteiger charge is -2.43. The summed E-state index contributed by atoms with van der Waals surface area (Å²) in [5.41, 5.74) is 1.20. The largest absolute Gasteiger partial charge is 0.365 e. The SMILES string of the molecule is CC1CN(C(=O)C2CCN(S(C)(=O)=O)CC2)CCN1c1ccccc1. The number of hydrogen-bond donors (Lipinski definition) is 0. The molecule has 0 spiro atoms. The first-order valence-corrected chi connectivity index (χ1v) is 10.8. The number of anilines is 1. The number of rotatable bonds is 3. The van der Waals surface area contributed by atoms with Gasteiger partial charge in [-0.05, 0) is 31.9 Å². The van der Waals surface area contributed by atoms with Crippen molar-refractivity contribution in [2.45, 2.75) is 25.8 Å². The highest BCUT2D eigenvalue weighted by Crippen LogP contribution is 2.25. The molecule has 2 aliphatic rings. The summed E-state index contributed by atoms with van der Waals surface area (Å²) in [6.07, 6.45) is 2.48. The van der Waals surface area contributed by atoms with Crippen LogP contribution in [0, 0.1) is 5.92 Å². The van der Waals surface area contributed by atoms with E-state index in [0.29, 0.717) is 25.9 Å². The fraction of sp³-hybridized carbons (Fsp3) is 0.611. The first-order chi connectivity index (χ1) is 11.9. The molecule has 2 fully saturated rings. The second-order valence-corrected chi connectivity index (χ2v) is 9.08. The highest BCUT2D eigenvalue weighted by Gasteiger charge is 2.34. The van der Waals surface area contributed by atoms with Crippen LogP contribution in [0.4, 0.5) is 5.69 Å². The third kappa shape index (κ3) is 4.15. The maximum Gasteiger partial charge on any atom is 0.225 e. The van der Waals surface area contributed by atoms with E-state index in [2.05, 4.69) is 24.0 Å². The van der Waals surface area contributed by atoms with Crippen molar-refractivity contribution < 1.29 is 13.2 Å². The molecule has 1 aromatic carbocycles. The van der Waals surface area contributed by atoms with Crippen molar-refractivity contribution >= 4 is 21.6 Å². The first-order valence-electron chi connectivity index (χ1n) is 8.92. The smallest absolute Gasteiger partial charge is 0.225 e. The number of nitrogens with zero attached hydrogens (tertiary/aromatic N) is 3. The molecule has 1 amide bonds. The lowest BCUT2D eigenvalue weighted by molar-refractivity contribution is -0.137. The number of amides is 1. The van der Waals surface area contributed by atoms with Crippen LogP contribution < -0.4 is 4.90 Å². The Bertz CT molecular complexity index is 700. The zero-order chi connectivity index (χ0) is 18.0. The molecule has 1 atom stereocenters. The van der Waals surface area contributed by atoms with Crippen molar-refractivity contribution in [3.8, 4) is 0 Å². The third-order valence-corrected chi connectivity index (χ3v) is 6.60. The van der Waals surface area contributed by atoms with Gasteiger partial charge >= 0.3 is 0 Å². The molecule has 0 aromatic heterocycles. The van der Waals surface area contributed by atoms with Crippen molar-refractivity contribution in [3.63, 3.8) is 0 Å². The van der Waals surface area contributed by atoms with Crippen molar-refractivity contribution in [3.05, 3.63) is 30.3 Å². The summed E-state index contributed by atoms with van der Waals surface area (Å²) in [7, 11) is -3.14. The van der Waals surface area contributed by atoms with Crippen LogP contribution in [-0.4, -0.2) is 68.6 Å². The zero-order valence-electron chi connectivity index (χ0n) is 15.0. The summed E-state index contributed by atoms with van der Waals surface area (Å²) in [6.45, 7) is 5.34. The van der Waals surface area contributed by atoms with Crippen LogP contribution in [0.25, 0.3) is 0 Å². The van der Waals surface area contributed by atoms with E-state index in [9.17, 15) is 13.2 Å². The fourth-order valence-corrected chi connectivity index (χ4v) is 4.73. The molecular weight excluding hydrogens is 338 g/mol. The van der Waals surface area contributed by atoms with Crippen LogP contribution in [0.15, 0.2) is 30.3 Å². The molecule has 6 nitrogen and oxygen atoms in total. The van der Waals surface area contributed by atoms with Gasteiger partial charge in [0.2, 0.25) is 15.9 Å². The molecular formula is C18H27N3O3S. The normalized spacial score (nSPS) is 23.7. The van der Waals surface area contributed by atoms with E-state index in [4.69, 9.17) is 0 Å². The summed E-state index contributed by atoms with van der Waals surface area (Å²) in [6, 6.07) is 10.6. The number of piperidine rings is 1. The second-order valence-electron chi connectivity index (χ2n) is 7.10. The van der Waals surface area contributed by atoms with Gasteiger partial charge in [-0.2, -0.15) is 0 Å². The van der Waals surface area contributed by atoms with Crippen LogP contribution in [-0.2, 0) is 14.8 Å². The van der Waals surface area contributed by atoms with E-state index in [1.165, 1.54) is 16.2 Å².